The van der Waals surface area contributed by atoms with E-state index >= 15 is 0 Å². The van der Waals surface area contributed by atoms with E-state index in [9.17, 15) is 4.79 Å². The molecule has 2 N–H and O–H groups in total. The summed E-state index contributed by atoms with van der Waals surface area (Å²) in [5.74, 6) is 1.13. The van der Waals surface area contributed by atoms with Crippen LogP contribution in [0.4, 0.5) is 0 Å². The summed E-state index contributed by atoms with van der Waals surface area (Å²) >= 11 is 0. The molecule has 1 aliphatic rings. The highest BCUT2D eigenvalue weighted by atomic mass is 16.5. The Balaban J connectivity index is 1.76. The smallest absolute Gasteiger partial charge is 0.224 e. The lowest BCUT2D eigenvalue weighted by molar-refractivity contribution is -0.125. The van der Waals surface area contributed by atoms with Gasteiger partial charge in [-0.15, -0.1) is 0 Å². The first-order chi connectivity index (χ1) is 9.66. The van der Waals surface area contributed by atoms with Gasteiger partial charge >= 0.3 is 0 Å². The number of benzene rings is 1. The van der Waals surface area contributed by atoms with Gasteiger partial charge < -0.3 is 15.4 Å². The molecule has 2 rings (SSSR count). The zero-order valence-corrected chi connectivity index (χ0v) is 12.3. The van der Waals surface area contributed by atoms with E-state index in [1.165, 1.54) is 0 Å². The van der Waals surface area contributed by atoms with Crippen LogP contribution in [0.25, 0.3) is 0 Å². The minimum atomic E-state index is -0.0309. The molecule has 1 saturated heterocycles. The second-order valence-electron chi connectivity index (χ2n) is 5.48. The van der Waals surface area contributed by atoms with E-state index in [-0.39, 0.29) is 17.9 Å². The van der Waals surface area contributed by atoms with Crippen LogP contribution in [0, 0.1) is 12.8 Å². The van der Waals surface area contributed by atoms with Gasteiger partial charge in [-0.1, -0.05) is 18.2 Å². The van der Waals surface area contributed by atoms with E-state index < -0.39 is 0 Å². The third-order valence-corrected chi connectivity index (χ3v) is 3.65. The number of carbonyl (C=O) groups excluding carboxylic acids is 1. The van der Waals surface area contributed by atoms with Gasteiger partial charge in [-0.05, 0) is 44.9 Å². The fourth-order valence-electron chi connectivity index (χ4n) is 2.41. The fraction of sp³-hybridized carbons (Fsp3) is 0.562. The minimum absolute atomic E-state index is 0.0309. The molecular formula is C16H24N2O2. The number of amides is 1. The summed E-state index contributed by atoms with van der Waals surface area (Å²) in [6.07, 6.45) is 2.02. The van der Waals surface area contributed by atoms with Gasteiger partial charge in [-0.2, -0.15) is 0 Å². The van der Waals surface area contributed by atoms with Crippen molar-refractivity contribution < 1.29 is 9.53 Å². The Morgan fingerprint density at radius 3 is 3.00 bits per heavy atom. The predicted molar refractivity (Wildman–Crippen MR) is 79.9 cm³/mol. The summed E-state index contributed by atoms with van der Waals surface area (Å²) in [5, 5.41) is 6.25. The Bertz CT molecular complexity index is 442. The maximum atomic E-state index is 12.0. The number of nitrogens with one attached hydrogen (secondary N) is 2. The summed E-state index contributed by atoms with van der Waals surface area (Å²) in [4.78, 5) is 12.0. The van der Waals surface area contributed by atoms with Crippen molar-refractivity contribution in [1.82, 2.24) is 10.6 Å². The molecule has 0 aliphatic carbocycles. The average Bonchev–Trinajstić information content (AvgIpc) is 2.48. The quantitative estimate of drug-likeness (QED) is 0.863. The highest BCUT2D eigenvalue weighted by Crippen LogP contribution is 2.17. The van der Waals surface area contributed by atoms with Crippen LogP contribution >= 0.6 is 0 Å². The zero-order valence-electron chi connectivity index (χ0n) is 12.3. The molecule has 20 heavy (non-hydrogen) atoms. The minimum Gasteiger partial charge on any atom is -0.489 e. The molecule has 0 bridgehead atoms. The monoisotopic (exact) mass is 276 g/mol. The van der Waals surface area contributed by atoms with Gasteiger partial charge in [-0.25, -0.2) is 0 Å². The van der Waals surface area contributed by atoms with Gasteiger partial charge in [0.2, 0.25) is 5.91 Å². The van der Waals surface area contributed by atoms with E-state index in [2.05, 4.69) is 10.6 Å². The molecule has 1 aliphatic heterocycles. The molecule has 4 heteroatoms. The summed E-state index contributed by atoms with van der Waals surface area (Å²) in [7, 11) is 0. The molecule has 2 atom stereocenters. The summed E-state index contributed by atoms with van der Waals surface area (Å²) in [5.41, 5.74) is 1.11. The van der Waals surface area contributed by atoms with Crippen LogP contribution in [0.1, 0.15) is 25.3 Å². The number of aryl methyl sites for hydroxylation is 1. The van der Waals surface area contributed by atoms with Gasteiger partial charge in [0, 0.05) is 6.54 Å². The second-order valence-corrected chi connectivity index (χ2v) is 5.48. The molecule has 1 aromatic carbocycles. The SMILES string of the molecule is Cc1ccccc1OC(C)CNC(=O)C1CCCNC1. The number of piperidine rings is 1. The first-order valence-electron chi connectivity index (χ1n) is 7.37. The van der Waals surface area contributed by atoms with Crippen LogP contribution in [0.5, 0.6) is 5.75 Å². The van der Waals surface area contributed by atoms with Crippen LogP contribution in [0.15, 0.2) is 24.3 Å². The van der Waals surface area contributed by atoms with Crippen molar-refractivity contribution in [3.8, 4) is 5.75 Å². The Labute approximate surface area is 120 Å². The highest BCUT2D eigenvalue weighted by molar-refractivity contribution is 5.79. The van der Waals surface area contributed by atoms with Crippen molar-refractivity contribution in [2.75, 3.05) is 19.6 Å². The first-order valence-corrected chi connectivity index (χ1v) is 7.37. The molecule has 1 fully saturated rings. The maximum Gasteiger partial charge on any atom is 0.224 e. The largest absolute Gasteiger partial charge is 0.489 e. The third kappa shape index (κ3) is 4.23. The molecule has 1 heterocycles. The van der Waals surface area contributed by atoms with Crippen LogP contribution in [0.2, 0.25) is 0 Å². The van der Waals surface area contributed by atoms with Crippen molar-refractivity contribution in [1.29, 1.82) is 0 Å². The molecule has 2 unspecified atom stereocenters. The standard InChI is InChI=1S/C16H24N2O2/c1-12-6-3-4-8-15(12)20-13(2)10-18-16(19)14-7-5-9-17-11-14/h3-4,6,8,13-14,17H,5,7,9-11H2,1-2H3,(H,18,19). The van der Waals surface area contributed by atoms with E-state index in [0.29, 0.717) is 6.54 Å². The fourth-order valence-corrected chi connectivity index (χ4v) is 2.41. The van der Waals surface area contributed by atoms with Crippen molar-refractivity contribution in [2.24, 2.45) is 5.92 Å². The molecule has 1 amide bonds. The normalized spacial score (nSPS) is 20.2. The van der Waals surface area contributed by atoms with E-state index in [1.807, 2.05) is 38.1 Å². The molecule has 4 nitrogen and oxygen atoms in total. The highest BCUT2D eigenvalue weighted by Gasteiger charge is 2.21. The van der Waals surface area contributed by atoms with Gasteiger partial charge in [-0.3, -0.25) is 4.79 Å². The lowest BCUT2D eigenvalue weighted by atomic mass is 9.99. The van der Waals surface area contributed by atoms with Crippen molar-refractivity contribution in [3.63, 3.8) is 0 Å². The van der Waals surface area contributed by atoms with E-state index in [1.54, 1.807) is 0 Å². The molecule has 1 aromatic rings. The predicted octanol–water partition coefficient (Wildman–Crippen LogP) is 1.88. The number of rotatable bonds is 5. The number of hydrogen-bond acceptors (Lipinski definition) is 3. The van der Waals surface area contributed by atoms with Gasteiger partial charge in [0.25, 0.3) is 0 Å². The maximum absolute atomic E-state index is 12.0. The molecule has 0 saturated carbocycles. The molecular weight excluding hydrogens is 252 g/mol. The zero-order chi connectivity index (χ0) is 14.4. The summed E-state index contributed by atoms with van der Waals surface area (Å²) < 4.78 is 5.85. The lowest BCUT2D eigenvalue weighted by Gasteiger charge is -2.23. The Morgan fingerprint density at radius 2 is 2.30 bits per heavy atom. The summed E-state index contributed by atoms with van der Waals surface area (Å²) in [6.45, 7) is 6.36. The van der Waals surface area contributed by atoms with Crippen LogP contribution < -0.4 is 15.4 Å². The summed E-state index contributed by atoms with van der Waals surface area (Å²) in [6, 6.07) is 7.93. The van der Waals surface area contributed by atoms with Crippen LogP contribution in [-0.4, -0.2) is 31.6 Å². The van der Waals surface area contributed by atoms with Gasteiger partial charge in [0.1, 0.15) is 11.9 Å². The van der Waals surface area contributed by atoms with Gasteiger partial charge in [0.15, 0.2) is 0 Å². The van der Waals surface area contributed by atoms with Crippen molar-refractivity contribution in [3.05, 3.63) is 29.8 Å². The number of hydrogen-bond donors (Lipinski definition) is 2. The topological polar surface area (TPSA) is 50.4 Å². The number of carbonyl (C=O) groups is 1. The lowest BCUT2D eigenvalue weighted by Crippen LogP contribution is -2.43. The Hall–Kier alpha value is -1.55. The number of ether oxygens (including phenoxy) is 1. The second kappa shape index (κ2) is 7.29. The van der Waals surface area contributed by atoms with Crippen molar-refractivity contribution in [2.45, 2.75) is 32.8 Å². The van der Waals surface area contributed by atoms with Crippen LogP contribution in [-0.2, 0) is 4.79 Å². The first kappa shape index (κ1) is 14.9. The number of para-hydroxylation sites is 1. The van der Waals surface area contributed by atoms with Gasteiger partial charge in [0.05, 0.1) is 12.5 Å². The molecule has 0 spiro atoms. The van der Waals surface area contributed by atoms with E-state index in [4.69, 9.17) is 4.74 Å². The molecule has 0 radical (unpaired) electrons. The molecule has 110 valence electrons. The van der Waals surface area contributed by atoms with E-state index in [0.717, 1.165) is 37.2 Å². The average molecular weight is 276 g/mol. The third-order valence-electron chi connectivity index (χ3n) is 3.65. The Morgan fingerprint density at radius 1 is 1.50 bits per heavy atom. The Kier molecular flexibility index (Phi) is 5.41. The van der Waals surface area contributed by atoms with Crippen LogP contribution in [0.3, 0.4) is 0 Å². The van der Waals surface area contributed by atoms with Crippen molar-refractivity contribution >= 4 is 5.91 Å². The molecule has 0 aromatic heterocycles.